The number of hydrogen-bond donors (Lipinski definition) is 2. The topological polar surface area (TPSA) is 66.1 Å². The Morgan fingerprint density at radius 3 is 2.45 bits per heavy atom. The zero-order valence-electron chi connectivity index (χ0n) is 30.2. The molecule has 4 rings (SSSR count). The number of benzene rings is 3. The highest BCUT2D eigenvalue weighted by atomic mass is 31.0. The van der Waals surface area contributed by atoms with Crippen LogP contribution in [0, 0.1) is 13.8 Å². The van der Waals surface area contributed by atoms with Crippen LogP contribution in [0.25, 0.3) is 10.8 Å². The smallest absolute Gasteiger partial charge is 0.251 e. The van der Waals surface area contributed by atoms with Crippen molar-refractivity contribution in [3.05, 3.63) is 89.5 Å². The summed E-state index contributed by atoms with van der Waals surface area (Å²) < 4.78 is 21.8. The number of alkyl halides is 1. The summed E-state index contributed by atoms with van der Waals surface area (Å²) in [6.45, 7) is 20.8. The average molecular weight is 691 g/mol. The van der Waals surface area contributed by atoms with Gasteiger partial charge in [0, 0.05) is 55.7 Å². The number of nitrogens with one attached hydrogen (secondary N) is 2. The number of hydrogen-bond acceptors (Lipinski definition) is 6. The van der Waals surface area contributed by atoms with Crippen LogP contribution < -0.4 is 15.4 Å². The second-order valence-corrected chi connectivity index (χ2v) is 12.7. The van der Waals surface area contributed by atoms with E-state index in [2.05, 4.69) is 99.1 Å². The number of halogens is 1. The van der Waals surface area contributed by atoms with Crippen LogP contribution in [-0.4, -0.2) is 93.7 Å². The molecule has 3 aromatic carbocycles. The molecule has 0 spiro atoms. The largest absolute Gasteiger partial charge is 0.455 e. The van der Waals surface area contributed by atoms with Gasteiger partial charge < -0.3 is 25.0 Å². The number of carbonyl (C=O) groups excluding carboxylic acids is 1. The van der Waals surface area contributed by atoms with Crippen LogP contribution in [0.2, 0.25) is 0 Å². The van der Waals surface area contributed by atoms with Gasteiger partial charge in [0.2, 0.25) is 0 Å². The number of amides is 1. The summed E-state index contributed by atoms with van der Waals surface area (Å²) in [5.41, 5.74) is 4.45. The molecule has 0 saturated carbocycles. The summed E-state index contributed by atoms with van der Waals surface area (Å²) >= 11 is 0. The first-order chi connectivity index (χ1) is 23.9. The Labute approximate surface area is 295 Å². The van der Waals surface area contributed by atoms with Crippen molar-refractivity contribution < 1.29 is 18.7 Å². The van der Waals surface area contributed by atoms with Crippen molar-refractivity contribution in [3.63, 3.8) is 0 Å². The normalized spacial score (nSPS) is 13.5. The van der Waals surface area contributed by atoms with Gasteiger partial charge in [0.15, 0.2) is 5.75 Å². The average Bonchev–Trinajstić information content (AvgIpc) is 3.12. The Bertz CT molecular complexity index is 1550. The molecular formula is C40H56FN4O3P. The number of aryl methyl sites for hydroxylation is 1. The number of allylic oxidation sites excluding steroid dienone is 1. The lowest BCUT2D eigenvalue weighted by Gasteiger charge is -2.26. The lowest BCUT2D eigenvalue weighted by Crippen LogP contribution is -2.37. The van der Waals surface area contributed by atoms with Gasteiger partial charge >= 0.3 is 0 Å². The first-order valence-electron chi connectivity index (χ1n) is 17.5. The lowest BCUT2D eigenvalue weighted by atomic mass is 9.97. The molecule has 3 aromatic rings. The van der Waals surface area contributed by atoms with Crippen molar-refractivity contribution in [1.82, 2.24) is 15.1 Å². The molecule has 0 bridgehead atoms. The molecule has 266 valence electrons. The standard InChI is InChI=1S/C39H53N4O3P.CH3F/c1-6-9-20-42(19-7-2)22-18-41-39(44)33(8-3)38(47)34-15-16-35(40-17-12-21-43-23-25-45-26-24-43)37(30(34)5)46-36-28-32-14-11-10-13-31(32)27-29(36)4;1-2/h6,8,10-11,13-16,27-28,40,47H,1,7,9,12,17-26H2,2-5H3,(H,41,44);1H3/b33-8+;. The fourth-order valence-electron chi connectivity index (χ4n) is 6.02. The number of morpholine rings is 1. The van der Waals surface area contributed by atoms with Crippen LogP contribution in [0.1, 0.15) is 49.8 Å². The number of nitrogens with zero attached hydrogens (tertiary/aromatic N) is 2. The van der Waals surface area contributed by atoms with Gasteiger partial charge in [-0.15, -0.1) is 15.4 Å². The maximum absolute atomic E-state index is 13.4. The molecular weight excluding hydrogens is 634 g/mol. The third-order valence-electron chi connectivity index (χ3n) is 8.71. The summed E-state index contributed by atoms with van der Waals surface area (Å²) in [4.78, 5) is 18.3. The summed E-state index contributed by atoms with van der Waals surface area (Å²) in [6.07, 6.45) is 6.83. The van der Waals surface area contributed by atoms with Crippen molar-refractivity contribution in [1.29, 1.82) is 0 Å². The van der Waals surface area contributed by atoms with Crippen LogP contribution in [0.4, 0.5) is 10.1 Å². The molecule has 2 N–H and O–H groups in total. The van der Waals surface area contributed by atoms with Gasteiger partial charge in [-0.25, -0.2) is 0 Å². The maximum Gasteiger partial charge on any atom is 0.251 e. The molecule has 1 aliphatic rings. The van der Waals surface area contributed by atoms with Crippen LogP contribution in [0.5, 0.6) is 11.5 Å². The molecule has 49 heavy (non-hydrogen) atoms. The highest BCUT2D eigenvalue weighted by Gasteiger charge is 2.21. The molecule has 1 heterocycles. The Kier molecular flexibility index (Phi) is 17.5. The van der Waals surface area contributed by atoms with Crippen molar-refractivity contribution in [2.75, 3.05) is 78.1 Å². The minimum Gasteiger partial charge on any atom is -0.455 e. The van der Waals surface area contributed by atoms with E-state index < -0.39 is 0 Å². The number of ether oxygens (including phenoxy) is 2. The Morgan fingerprint density at radius 1 is 1.06 bits per heavy atom. The summed E-state index contributed by atoms with van der Waals surface area (Å²) in [5, 5.41) is 9.84. The van der Waals surface area contributed by atoms with Gasteiger partial charge in [-0.3, -0.25) is 14.1 Å². The predicted molar refractivity (Wildman–Crippen MR) is 208 cm³/mol. The van der Waals surface area contributed by atoms with E-state index in [1.165, 1.54) is 5.39 Å². The molecule has 0 aromatic heterocycles. The van der Waals surface area contributed by atoms with Gasteiger partial charge in [-0.1, -0.05) is 49.4 Å². The van der Waals surface area contributed by atoms with Gasteiger partial charge in [-0.05, 0) is 93.2 Å². The molecule has 9 heteroatoms. The number of anilines is 1. The predicted octanol–water partition coefficient (Wildman–Crippen LogP) is 7.98. The molecule has 7 nitrogen and oxygen atoms in total. The van der Waals surface area contributed by atoms with E-state index in [9.17, 15) is 9.18 Å². The maximum atomic E-state index is 13.4. The molecule has 0 atom stereocenters. The Hall–Kier alpha value is -3.55. The fraction of sp³-hybridized carbons (Fsp3) is 0.450. The third-order valence-corrected chi connectivity index (χ3v) is 9.24. The molecule has 1 amide bonds. The van der Waals surface area contributed by atoms with E-state index in [1.807, 2.05) is 25.1 Å². The minimum atomic E-state index is -0.102. The van der Waals surface area contributed by atoms with Crippen molar-refractivity contribution in [3.8, 4) is 11.5 Å². The van der Waals surface area contributed by atoms with E-state index in [0.717, 1.165) is 123 Å². The molecule has 0 radical (unpaired) electrons. The lowest BCUT2D eigenvalue weighted by molar-refractivity contribution is -0.117. The Balaban J connectivity index is 0.00000319. The monoisotopic (exact) mass is 690 g/mol. The second-order valence-electron chi connectivity index (χ2n) is 12.2. The zero-order valence-corrected chi connectivity index (χ0v) is 31.2. The molecule has 0 aliphatic carbocycles. The van der Waals surface area contributed by atoms with Crippen molar-refractivity contribution >= 4 is 36.5 Å². The van der Waals surface area contributed by atoms with E-state index in [4.69, 9.17) is 9.47 Å². The molecule has 0 unspecified atom stereocenters. The fourth-order valence-corrected chi connectivity index (χ4v) is 6.55. The summed E-state index contributed by atoms with van der Waals surface area (Å²) in [6, 6.07) is 16.7. The van der Waals surface area contributed by atoms with Gasteiger partial charge in [0.25, 0.3) is 5.91 Å². The highest BCUT2D eigenvalue weighted by Crippen LogP contribution is 2.38. The van der Waals surface area contributed by atoms with Crippen LogP contribution in [0.3, 0.4) is 0 Å². The summed E-state index contributed by atoms with van der Waals surface area (Å²) in [7, 11) is 4.38. The van der Waals surface area contributed by atoms with Crippen LogP contribution in [-0.2, 0) is 9.53 Å². The van der Waals surface area contributed by atoms with Crippen molar-refractivity contribution in [2.24, 2.45) is 0 Å². The molecule has 1 aliphatic heterocycles. The number of fused-ring (bicyclic) bond motifs is 1. The quantitative estimate of drug-likeness (QED) is 0.0611. The van der Waals surface area contributed by atoms with Gasteiger partial charge in [-0.2, -0.15) is 0 Å². The highest BCUT2D eigenvalue weighted by molar-refractivity contribution is 7.23. The van der Waals surface area contributed by atoms with E-state index >= 15 is 0 Å². The third kappa shape index (κ3) is 11.8. The van der Waals surface area contributed by atoms with Gasteiger partial charge in [0.1, 0.15) is 5.75 Å². The van der Waals surface area contributed by atoms with E-state index in [-0.39, 0.29) is 5.91 Å². The number of carbonyl (C=O) groups is 1. The SMILES string of the molecule is C=CCCN(CCC)CCNC(=O)/C(=C/C)C(=P)c1ccc(NCCCN2CCOCC2)c(Oc2cc3ccccc3cc2C)c1C.CF. The molecule has 1 saturated heterocycles. The first kappa shape index (κ1) is 39.9. The zero-order chi connectivity index (χ0) is 35.6. The summed E-state index contributed by atoms with van der Waals surface area (Å²) in [5.74, 6) is 1.47. The van der Waals surface area contributed by atoms with E-state index in [0.29, 0.717) is 19.3 Å². The minimum absolute atomic E-state index is 0.102. The first-order valence-corrected chi connectivity index (χ1v) is 18.0. The van der Waals surface area contributed by atoms with Crippen molar-refractivity contribution in [2.45, 2.75) is 47.0 Å². The molecule has 1 fully saturated rings. The second kappa shape index (κ2) is 21.5. The Morgan fingerprint density at radius 2 is 1.78 bits per heavy atom. The van der Waals surface area contributed by atoms with Crippen LogP contribution in [0.15, 0.2) is 72.8 Å². The number of rotatable bonds is 18. The van der Waals surface area contributed by atoms with E-state index in [1.54, 1.807) is 0 Å². The van der Waals surface area contributed by atoms with Crippen LogP contribution >= 0.6 is 8.86 Å². The van der Waals surface area contributed by atoms with Gasteiger partial charge in [0.05, 0.1) is 26.1 Å².